The molecule has 1 atom stereocenters. The van der Waals surface area contributed by atoms with Gasteiger partial charge in [-0.1, -0.05) is 11.6 Å². The number of benzene rings is 1. The van der Waals surface area contributed by atoms with Crippen LogP contribution < -0.4 is 4.72 Å². The summed E-state index contributed by atoms with van der Waals surface area (Å²) in [6.07, 6.45) is -9.91. The molecule has 21 heavy (non-hydrogen) atoms. The first kappa shape index (κ1) is 17.8. The number of sulfonamides is 1. The maximum Gasteiger partial charge on any atom is 0.417 e. The maximum absolute atomic E-state index is 12.8. The molecule has 3 nitrogen and oxygen atoms in total. The van der Waals surface area contributed by atoms with Gasteiger partial charge in [-0.3, -0.25) is 0 Å². The molecule has 1 aromatic carbocycles. The summed E-state index contributed by atoms with van der Waals surface area (Å²) in [5.74, 6) is 0. The van der Waals surface area contributed by atoms with E-state index in [-0.39, 0.29) is 5.56 Å². The lowest BCUT2D eigenvalue weighted by atomic mass is 10.1. The zero-order valence-electron chi connectivity index (χ0n) is 10.8. The largest absolute Gasteiger partial charge is 0.417 e. The molecule has 0 aliphatic carbocycles. The molecule has 120 valence electrons. The second-order valence-electron chi connectivity index (χ2n) is 4.38. The van der Waals surface area contributed by atoms with Crippen LogP contribution >= 0.6 is 0 Å². The van der Waals surface area contributed by atoms with E-state index in [1.54, 1.807) is 0 Å². The molecule has 0 spiro atoms. The summed E-state index contributed by atoms with van der Waals surface area (Å²) in [7, 11) is -4.96. The number of rotatable bonds is 3. The van der Waals surface area contributed by atoms with Crippen LogP contribution in [0.5, 0.6) is 0 Å². The number of nitrogens with one attached hydrogen (secondary N) is 1. The first-order valence-electron chi connectivity index (χ1n) is 5.52. The van der Waals surface area contributed by atoms with Crippen molar-refractivity contribution in [1.29, 1.82) is 0 Å². The van der Waals surface area contributed by atoms with Crippen LogP contribution in [0.1, 0.15) is 18.1 Å². The van der Waals surface area contributed by atoms with E-state index in [0.29, 0.717) is 19.1 Å². The minimum absolute atomic E-state index is 0.130. The molecule has 0 fully saturated rings. The number of hydrogen-bond donors (Lipinski definition) is 1. The first-order chi connectivity index (χ1) is 9.25. The topological polar surface area (TPSA) is 46.2 Å². The average Bonchev–Trinajstić information content (AvgIpc) is 2.25. The van der Waals surface area contributed by atoms with E-state index < -0.39 is 38.9 Å². The Hall–Kier alpha value is -1.29. The van der Waals surface area contributed by atoms with E-state index in [0.717, 1.165) is 6.07 Å². The van der Waals surface area contributed by atoms with Crippen molar-refractivity contribution in [2.24, 2.45) is 0 Å². The molecule has 0 saturated carbocycles. The lowest BCUT2D eigenvalue weighted by Gasteiger charge is -2.19. The molecule has 0 aliphatic heterocycles. The van der Waals surface area contributed by atoms with Crippen molar-refractivity contribution in [3.8, 4) is 0 Å². The van der Waals surface area contributed by atoms with E-state index in [1.165, 1.54) is 11.6 Å². The summed E-state index contributed by atoms with van der Waals surface area (Å²) in [5.41, 5.74) is -1.38. The third-order valence-electron chi connectivity index (χ3n) is 2.55. The Morgan fingerprint density at radius 2 is 1.62 bits per heavy atom. The standard InChI is InChI=1S/C11H11F6NO2S/c1-6-3-4-9(8(5-6)11(15,16)17)21(19,20)18-7(2)10(12,13)14/h3-5,7,18H,1-2H3/t7-/m1/s1. The molecule has 0 bridgehead atoms. The van der Waals surface area contributed by atoms with Gasteiger partial charge in [0, 0.05) is 0 Å². The predicted molar refractivity (Wildman–Crippen MR) is 62.0 cm³/mol. The van der Waals surface area contributed by atoms with Crippen LogP contribution in [0.2, 0.25) is 0 Å². The Morgan fingerprint density at radius 3 is 2.05 bits per heavy atom. The van der Waals surface area contributed by atoms with Gasteiger partial charge in [-0.2, -0.15) is 31.1 Å². The molecule has 1 aromatic rings. The molecule has 10 heteroatoms. The van der Waals surface area contributed by atoms with Crippen LogP contribution in [0, 0.1) is 6.92 Å². The first-order valence-corrected chi connectivity index (χ1v) is 7.00. The molecule has 0 saturated heterocycles. The van der Waals surface area contributed by atoms with Crippen LogP contribution in [0.25, 0.3) is 0 Å². The van der Waals surface area contributed by atoms with Gasteiger partial charge in [0.1, 0.15) is 6.04 Å². The highest BCUT2D eigenvalue weighted by atomic mass is 32.2. The Bertz CT molecular complexity index is 621. The maximum atomic E-state index is 12.8. The van der Waals surface area contributed by atoms with Crippen LogP contribution in [0.15, 0.2) is 23.1 Å². The van der Waals surface area contributed by atoms with Crippen molar-refractivity contribution < 1.29 is 34.8 Å². The zero-order chi connectivity index (χ0) is 16.6. The number of aryl methyl sites for hydroxylation is 1. The summed E-state index contributed by atoms with van der Waals surface area (Å²) in [5, 5.41) is 0. The Balaban J connectivity index is 3.33. The van der Waals surface area contributed by atoms with Crippen molar-refractivity contribution in [3.63, 3.8) is 0 Å². The SMILES string of the molecule is Cc1ccc(S(=O)(=O)N[C@H](C)C(F)(F)F)c(C(F)(F)F)c1. The number of alkyl halides is 6. The summed E-state index contributed by atoms with van der Waals surface area (Å²) < 4.78 is 100. The van der Waals surface area contributed by atoms with Gasteiger partial charge in [-0.25, -0.2) is 8.42 Å². The smallest absolute Gasteiger partial charge is 0.207 e. The Labute approximate surface area is 117 Å². The van der Waals surface area contributed by atoms with E-state index >= 15 is 0 Å². The van der Waals surface area contributed by atoms with Gasteiger partial charge in [0.2, 0.25) is 10.0 Å². The number of hydrogen-bond acceptors (Lipinski definition) is 2. The van der Waals surface area contributed by atoms with E-state index in [9.17, 15) is 34.8 Å². The molecule has 1 rings (SSSR count). The third kappa shape index (κ3) is 4.34. The summed E-state index contributed by atoms with van der Waals surface area (Å²) in [6, 6.07) is -0.247. The van der Waals surface area contributed by atoms with Gasteiger partial charge in [-0.15, -0.1) is 0 Å². The second kappa shape index (κ2) is 5.48. The molecule has 0 aromatic heterocycles. The molecule has 0 heterocycles. The minimum atomic E-state index is -5.00. The molecule has 1 N–H and O–H groups in total. The number of halogens is 6. The molecular formula is C11H11F6NO2S. The van der Waals surface area contributed by atoms with Crippen molar-refractivity contribution in [2.75, 3.05) is 0 Å². The fourth-order valence-corrected chi connectivity index (χ4v) is 2.90. The van der Waals surface area contributed by atoms with Crippen LogP contribution in [0.4, 0.5) is 26.3 Å². The highest BCUT2D eigenvalue weighted by molar-refractivity contribution is 7.89. The average molecular weight is 335 g/mol. The van der Waals surface area contributed by atoms with Crippen LogP contribution in [-0.4, -0.2) is 20.6 Å². The molecule has 0 unspecified atom stereocenters. The monoisotopic (exact) mass is 335 g/mol. The highest BCUT2D eigenvalue weighted by Crippen LogP contribution is 2.35. The van der Waals surface area contributed by atoms with Crippen molar-refractivity contribution >= 4 is 10.0 Å². The van der Waals surface area contributed by atoms with Crippen molar-refractivity contribution in [2.45, 2.75) is 37.1 Å². The minimum Gasteiger partial charge on any atom is -0.207 e. The summed E-state index contributed by atoms with van der Waals surface area (Å²) >= 11 is 0. The van der Waals surface area contributed by atoms with Crippen molar-refractivity contribution in [1.82, 2.24) is 4.72 Å². The molecule has 0 radical (unpaired) electrons. The molecular weight excluding hydrogens is 324 g/mol. The third-order valence-corrected chi connectivity index (χ3v) is 4.15. The van der Waals surface area contributed by atoms with Gasteiger partial charge < -0.3 is 0 Å². The Morgan fingerprint density at radius 1 is 1.10 bits per heavy atom. The van der Waals surface area contributed by atoms with Gasteiger partial charge >= 0.3 is 12.4 Å². The summed E-state index contributed by atoms with van der Waals surface area (Å²) in [4.78, 5) is -1.24. The second-order valence-corrected chi connectivity index (χ2v) is 6.06. The van der Waals surface area contributed by atoms with Gasteiger partial charge in [0.25, 0.3) is 0 Å². The normalized spacial score (nSPS) is 15.0. The zero-order valence-corrected chi connectivity index (χ0v) is 11.6. The van der Waals surface area contributed by atoms with Crippen molar-refractivity contribution in [3.05, 3.63) is 29.3 Å². The van der Waals surface area contributed by atoms with Gasteiger partial charge in [-0.05, 0) is 26.0 Å². The lowest BCUT2D eigenvalue weighted by molar-refractivity contribution is -0.147. The molecule has 0 aliphatic rings. The van der Waals surface area contributed by atoms with Gasteiger partial charge in [0.15, 0.2) is 0 Å². The highest BCUT2D eigenvalue weighted by Gasteiger charge is 2.42. The predicted octanol–water partition coefficient (Wildman–Crippen LogP) is 3.24. The lowest BCUT2D eigenvalue weighted by Crippen LogP contribution is -2.43. The van der Waals surface area contributed by atoms with E-state index in [2.05, 4.69) is 0 Å². The fourth-order valence-electron chi connectivity index (χ4n) is 1.46. The van der Waals surface area contributed by atoms with E-state index in [4.69, 9.17) is 0 Å². The van der Waals surface area contributed by atoms with Gasteiger partial charge in [0.05, 0.1) is 10.5 Å². The van der Waals surface area contributed by atoms with Crippen LogP contribution in [0.3, 0.4) is 0 Å². The van der Waals surface area contributed by atoms with E-state index in [1.807, 2.05) is 0 Å². The Kier molecular flexibility index (Phi) is 4.64. The summed E-state index contributed by atoms with van der Waals surface area (Å²) in [6.45, 7) is 1.80. The fraction of sp³-hybridized carbons (Fsp3) is 0.455. The van der Waals surface area contributed by atoms with Crippen LogP contribution in [-0.2, 0) is 16.2 Å². The molecule has 0 amide bonds. The quantitative estimate of drug-likeness (QED) is 0.862.